The van der Waals surface area contributed by atoms with Crippen LogP contribution in [0, 0.1) is 15.9 Å². The van der Waals surface area contributed by atoms with Crippen molar-refractivity contribution in [2.24, 2.45) is 0 Å². The minimum absolute atomic E-state index is 0.00340. The van der Waals surface area contributed by atoms with Crippen LogP contribution in [-0.2, 0) is 10.1 Å². The molecule has 0 unspecified atom stereocenters. The van der Waals surface area contributed by atoms with E-state index in [0.717, 1.165) is 18.4 Å². The van der Waals surface area contributed by atoms with Crippen LogP contribution in [0.3, 0.4) is 0 Å². The molecule has 0 bridgehead atoms. The van der Waals surface area contributed by atoms with E-state index in [9.17, 15) is 27.7 Å². The van der Waals surface area contributed by atoms with Gasteiger partial charge in [0, 0.05) is 23.4 Å². The molecule has 28 heavy (non-hydrogen) atoms. The Morgan fingerprint density at radius 3 is 2.43 bits per heavy atom. The van der Waals surface area contributed by atoms with Crippen molar-refractivity contribution in [3.05, 3.63) is 57.9 Å². The molecule has 0 fully saturated rings. The van der Waals surface area contributed by atoms with E-state index in [1.165, 1.54) is 24.3 Å². The number of nitro groups is 1. The number of halogens is 1. The number of furan rings is 1. The molecule has 0 aliphatic rings. The number of benzene rings is 2. The van der Waals surface area contributed by atoms with Crippen LogP contribution in [0.15, 0.2) is 40.8 Å². The topological polar surface area (TPSA) is 117 Å². The van der Waals surface area contributed by atoms with Crippen LogP contribution in [0.2, 0.25) is 0 Å². The summed E-state index contributed by atoms with van der Waals surface area (Å²) in [7, 11) is -4.05. The molecule has 0 aliphatic heterocycles. The van der Waals surface area contributed by atoms with Gasteiger partial charge in [0.05, 0.1) is 22.8 Å². The SMILES string of the molecule is CCC(=O)c1c(-c2ccc(F)cc2)oc2cc([N+](=O)[O-])c(OS(C)(=O)=O)cc12. The lowest BCUT2D eigenvalue weighted by Gasteiger charge is -2.04. The second-order valence-electron chi connectivity index (χ2n) is 5.95. The molecule has 0 atom stereocenters. The van der Waals surface area contributed by atoms with Crippen LogP contribution in [-0.4, -0.2) is 25.4 Å². The number of hydrogen-bond acceptors (Lipinski definition) is 7. The van der Waals surface area contributed by atoms with E-state index in [1.54, 1.807) is 6.92 Å². The fourth-order valence-electron chi connectivity index (χ4n) is 2.74. The van der Waals surface area contributed by atoms with Gasteiger partial charge in [0.2, 0.25) is 5.75 Å². The Morgan fingerprint density at radius 2 is 1.89 bits per heavy atom. The lowest BCUT2D eigenvalue weighted by Crippen LogP contribution is -2.07. The van der Waals surface area contributed by atoms with Gasteiger partial charge in [-0.15, -0.1) is 0 Å². The molecule has 10 heteroatoms. The van der Waals surface area contributed by atoms with Crippen molar-refractivity contribution in [1.82, 2.24) is 0 Å². The van der Waals surface area contributed by atoms with E-state index in [2.05, 4.69) is 0 Å². The minimum atomic E-state index is -4.05. The van der Waals surface area contributed by atoms with Crippen LogP contribution in [0.1, 0.15) is 23.7 Å². The number of hydrogen-bond donors (Lipinski definition) is 0. The predicted octanol–water partition coefficient (Wildman–Crippen LogP) is 4.08. The highest BCUT2D eigenvalue weighted by Crippen LogP contribution is 2.40. The molecule has 0 aliphatic carbocycles. The average Bonchev–Trinajstić information content (AvgIpc) is 2.97. The fourth-order valence-corrected chi connectivity index (χ4v) is 3.20. The first-order valence-electron chi connectivity index (χ1n) is 8.04. The summed E-state index contributed by atoms with van der Waals surface area (Å²) in [5, 5.41) is 11.5. The molecular weight excluding hydrogens is 393 g/mol. The summed E-state index contributed by atoms with van der Waals surface area (Å²) >= 11 is 0. The summed E-state index contributed by atoms with van der Waals surface area (Å²) in [6, 6.07) is 7.26. The molecule has 1 aromatic heterocycles. The smallest absolute Gasteiger partial charge is 0.316 e. The molecular formula is C18H14FNO7S. The molecule has 2 aromatic carbocycles. The number of Topliss-reactive ketones (excluding diaryl/α,β-unsaturated/α-hetero) is 1. The Bertz CT molecular complexity index is 1200. The summed E-state index contributed by atoms with van der Waals surface area (Å²) in [6.07, 6.45) is 0.848. The van der Waals surface area contributed by atoms with Gasteiger partial charge in [-0.3, -0.25) is 14.9 Å². The van der Waals surface area contributed by atoms with Crippen LogP contribution < -0.4 is 4.18 Å². The highest BCUT2D eigenvalue weighted by Gasteiger charge is 2.27. The standard InChI is InChI=1S/C18H14FNO7S/c1-3-14(21)17-12-8-16(27-28(2,24)25)13(20(22)23)9-15(12)26-18(17)10-4-6-11(19)7-5-10/h4-9H,3H2,1-2H3. The number of carbonyl (C=O) groups is 1. The largest absolute Gasteiger partial charge is 0.455 e. The second kappa shape index (κ2) is 7.04. The fraction of sp³-hybridized carbons (Fsp3) is 0.167. The molecule has 0 saturated heterocycles. The van der Waals surface area contributed by atoms with Crippen LogP contribution in [0.25, 0.3) is 22.3 Å². The lowest BCUT2D eigenvalue weighted by molar-refractivity contribution is -0.385. The van der Waals surface area contributed by atoms with Crippen molar-refractivity contribution >= 4 is 32.6 Å². The van der Waals surface area contributed by atoms with E-state index in [-0.39, 0.29) is 34.5 Å². The van der Waals surface area contributed by atoms with E-state index < -0.39 is 32.3 Å². The Labute approximate surface area is 158 Å². The van der Waals surface area contributed by atoms with E-state index in [1.807, 2.05) is 0 Å². The van der Waals surface area contributed by atoms with Gasteiger partial charge in [-0.05, 0) is 24.3 Å². The number of carbonyl (C=O) groups excluding carboxylic acids is 1. The van der Waals surface area contributed by atoms with Crippen molar-refractivity contribution in [3.63, 3.8) is 0 Å². The average molecular weight is 407 g/mol. The van der Waals surface area contributed by atoms with Gasteiger partial charge >= 0.3 is 15.8 Å². The zero-order chi connectivity index (χ0) is 20.6. The zero-order valence-corrected chi connectivity index (χ0v) is 15.6. The third-order valence-corrected chi connectivity index (χ3v) is 4.40. The molecule has 0 amide bonds. The molecule has 3 rings (SSSR count). The van der Waals surface area contributed by atoms with Gasteiger partial charge in [0.25, 0.3) is 0 Å². The van der Waals surface area contributed by atoms with Gasteiger partial charge < -0.3 is 8.60 Å². The van der Waals surface area contributed by atoms with Crippen molar-refractivity contribution in [3.8, 4) is 17.1 Å². The second-order valence-corrected chi connectivity index (χ2v) is 7.53. The third kappa shape index (κ3) is 3.72. The van der Waals surface area contributed by atoms with Gasteiger partial charge in [0.15, 0.2) is 5.78 Å². The lowest BCUT2D eigenvalue weighted by atomic mass is 10.0. The van der Waals surface area contributed by atoms with Crippen LogP contribution in [0.4, 0.5) is 10.1 Å². The summed E-state index contributed by atoms with van der Waals surface area (Å²) in [5.41, 5.74) is -0.128. The van der Waals surface area contributed by atoms with Crippen molar-refractivity contribution in [2.75, 3.05) is 6.26 Å². The number of nitro benzene ring substituents is 1. The first-order valence-corrected chi connectivity index (χ1v) is 9.86. The maximum Gasteiger partial charge on any atom is 0.316 e. The van der Waals surface area contributed by atoms with Gasteiger partial charge in [-0.2, -0.15) is 8.42 Å². The summed E-state index contributed by atoms with van der Waals surface area (Å²) in [4.78, 5) is 23.0. The molecule has 0 radical (unpaired) electrons. The normalized spacial score (nSPS) is 11.5. The Hall–Kier alpha value is -3.27. The van der Waals surface area contributed by atoms with Gasteiger partial charge in [0.1, 0.15) is 17.2 Å². The molecule has 0 N–H and O–H groups in total. The van der Waals surface area contributed by atoms with Crippen LogP contribution >= 0.6 is 0 Å². The molecule has 1 heterocycles. The molecule has 0 spiro atoms. The Balaban J connectivity index is 2.35. The van der Waals surface area contributed by atoms with Crippen LogP contribution in [0.5, 0.6) is 5.75 Å². The van der Waals surface area contributed by atoms with Crippen molar-refractivity contribution < 1.29 is 31.1 Å². The number of fused-ring (bicyclic) bond motifs is 1. The summed E-state index contributed by atoms with van der Waals surface area (Å²) in [5.74, 6) is -1.25. The molecule has 3 aromatic rings. The molecule has 8 nitrogen and oxygen atoms in total. The Morgan fingerprint density at radius 1 is 1.25 bits per heavy atom. The van der Waals surface area contributed by atoms with E-state index in [4.69, 9.17) is 8.60 Å². The number of ketones is 1. The molecule has 146 valence electrons. The molecule has 0 saturated carbocycles. The zero-order valence-electron chi connectivity index (χ0n) is 14.8. The van der Waals surface area contributed by atoms with Gasteiger partial charge in [-0.25, -0.2) is 4.39 Å². The minimum Gasteiger partial charge on any atom is -0.455 e. The number of nitrogens with zero attached hydrogens (tertiary/aromatic N) is 1. The predicted molar refractivity (Wildman–Crippen MR) is 98.4 cm³/mol. The Kier molecular flexibility index (Phi) is 4.90. The first-order chi connectivity index (χ1) is 13.1. The summed E-state index contributed by atoms with van der Waals surface area (Å²) in [6.45, 7) is 1.62. The monoisotopic (exact) mass is 407 g/mol. The van der Waals surface area contributed by atoms with Gasteiger partial charge in [-0.1, -0.05) is 6.92 Å². The summed E-state index contributed by atoms with van der Waals surface area (Å²) < 4.78 is 46.6. The first kappa shape index (κ1) is 19.5. The van der Waals surface area contributed by atoms with Crippen molar-refractivity contribution in [2.45, 2.75) is 13.3 Å². The maximum atomic E-state index is 13.2. The highest BCUT2D eigenvalue weighted by atomic mass is 32.2. The van der Waals surface area contributed by atoms with Crippen molar-refractivity contribution in [1.29, 1.82) is 0 Å². The van der Waals surface area contributed by atoms with E-state index in [0.29, 0.717) is 5.56 Å². The third-order valence-electron chi connectivity index (χ3n) is 3.91. The maximum absolute atomic E-state index is 13.2. The number of rotatable bonds is 6. The highest BCUT2D eigenvalue weighted by molar-refractivity contribution is 7.86. The van der Waals surface area contributed by atoms with E-state index >= 15 is 0 Å². The quantitative estimate of drug-likeness (QED) is 0.261.